The minimum atomic E-state index is 0.0546. The molecule has 5 nitrogen and oxygen atoms in total. The van der Waals surface area contributed by atoms with E-state index in [9.17, 15) is 4.79 Å². The molecule has 2 aromatic rings. The van der Waals surface area contributed by atoms with Crippen molar-refractivity contribution in [1.82, 2.24) is 20.1 Å². The van der Waals surface area contributed by atoms with Crippen LogP contribution in [0.2, 0.25) is 0 Å². The van der Waals surface area contributed by atoms with Gasteiger partial charge in [-0.3, -0.25) is 14.5 Å². The molecule has 0 bridgehead atoms. The van der Waals surface area contributed by atoms with Gasteiger partial charge in [-0.15, -0.1) is 0 Å². The molecule has 1 unspecified atom stereocenters. The summed E-state index contributed by atoms with van der Waals surface area (Å²) in [4.78, 5) is 16.9. The first-order chi connectivity index (χ1) is 10.6. The number of hydrogen-bond donors (Lipinski definition) is 1. The summed E-state index contributed by atoms with van der Waals surface area (Å²) in [6.07, 6.45) is 5.29. The predicted molar refractivity (Wildman–Crippen MR) is 84.1 cm³/mol. The zero-order valence-corrected chi connectivity index (χ0v) is 13.1. The molecule has 1 amide bonds. The van der Waals surface area contributed by atoms with Crippen molar-refractivity contribution in [1.29, 1.82) is 0 Å². The highest BCUT2D eigenvalue weighted by molar-refractivity contribution is 5.76. The van der Waals surface area contributed by atoms with Crippen molar-refractivity contribution in [3.8, 4) is 0 Å². The number of amides is 1. The number of carbonyl (C=O) groups is 1. The van der Waals surface area contributed by atoms with Gasteiger partial charge in [-0.2, -0.15) is 5.10 Å². The van der Waals surface area contributed by atoms with Crippen molar-refractivity contribution >= 4 is 5.91 Å². The average molecular weight is 298 g/mol. The van der Waals surface area contributed by atoms with Crippen molar-refractivity contribution in [2.75, 3.05) is 0 Å². The van der Waals surface area contributed by atoms with E-state index in [-0.39, 0.29) is 11.9 Å². The fraction of sp³-hybridized carbons (Fsp3) is 0.471. The van der Waals surface area contributed by atoms with Crippen LogP contribution in [0, 0.1) is 12.8 Å². The van der Waals surface area contributed by atoms with Gasteiger partial charge in [-0.05, 0) is 50.3 Å². The summed E-state index contributed by atoms with van der Waals surface area (Å²) in [6.45, 7) is 1.98. The van der Waals surface area contributed by atoms with Crippen molar-refractivity contribution in [2.24, 2.45) is 13.0 Å². The predicted octanol–water partition coefficient (Wildman–Crippen LogP) is 2.32. The minimum Gasteiger partial charge on any atom is -0.347 e. The lowest BCUT2D eigenvalue weighted by molar-refractivity contribution is -0.122. The number of nitrogens with zero attached hydrogens (tertiary/aromatic N) is 3. The summed E-state index contributed by atoms with van der Waals surface area (Å²) in [5, 5.41) is 7.30. The maximum absolute atomic E-state index is 12.3. The first-order valence-corrected chi connectivity index (χ1v) is 7.83. The molecule has 1 saturated carbocycles. The van der Waals surface area contributed by atoms with E-state index in [1.165, 1.54) is 12.8 Å². The Morgan fingerprint density at radius 2 is 2.23 bits per heavy atom. The van der Waals surface area contributed by atoms with Crippen LogP contribution in [0.25, 0.3) is 0 Å². The molecule has 1 N–H and O–H groups in total. The monoisotopic (exact) mass is 298 g/mol. The summed E-state index contributed by atoms with van der Waals surface area (Å²) < 4.78 is 1.81. The van der Waals surface area contributed by atoms with E-state index >= 15 is 0 Å². The Hall–Kier alpha value is -2.17. The maximum atomic E-state index is 12.3. The number of rotatable bonds is 6. The van der Waals surface area contributed by atoms with Gasteiger partial charge in [0.15, 0.2) is 0 Å². The Morgan fingerprint density at radius 1 is 1.41 bits per heavy atom. The molecule has 5 heteroatoms. The highest BCUT2D eigenvalue weighted by atomic mass is 16.1. The minimum absolute atomic E-state index is 0.0546. The van der Waals surface area contributed by atoms with Crippen LogP contribution in [0.1, 0.15) is 42.4 Å². The van der Waals surface area contributed by atoms with Gasteiger partial charge in [0, 0.05) is 31.1 Å². The van der Waals surface area contributed by atoms with Crippen molar-refractivity contribution in [3.63, 3.8) is 0 Å². The van der Waals surface area contributed by atoms with Gasteiger partial charge in [0.2, 0.25) is 5.91 Å². The second kappa shape index (κ2) is 6.30. The molecule has 116 valence electrons. The van der Waals surface area contributed by atoms with E-state index in [2.05, 4.69) is 15.4 Å². The molecule has 22 heavy (non-hydrogen) atoms. The number of carbonyl (C=O) groups excluding carboxylic acids is 1. The first-order valence-electron chi connectivity index (χ1n) is 7.83. The zero-order valence-electron chi connectivity index (χ0n) is 13.1. The lowest BCUT2D eigenvalue weighted by atomic mass is 10.1. The lowest BCUT2D eigenvalue weighted by Crippen LogP contribution is -2.30. The second-order valence-corrected chi connectivity index (χ2v) is 6.03. The lowest BCUT2D eigenvalue weighted by Gasteiger charge is -2.18. The first kappa shape index (κ1) is 14.8. The maximum Gasteiger partial charge on any atom is 0.220 e. The van der Waals surface area contributed by atoms with Crippen LogP contribution in [-0.2, 0) is 18.3 Å². The Kier molecular flexibility index (Phi) is 4.22. The van der Waals surface area contributed by atoms with Crippen molar-refractivity contribution < 1.29 is 4.79 Å². The molecule has 2 heterocycles. The Balaban J connectivity index is 1.61. The molecule has 0 saturated heterocycles. The van der Waals surface area contributed by atoms with Crippen LogP contribution >= 0.6 is 0 Å². The molecule has 0 aromatic carbocycles. The third-order valence-corrected chi connectivity index (χ3v) is 4.17. The van der Waals surface area contributed by atoms with Gasteiger partial charge in [-0.1, -0.05) is 6.07 Å². The second-order valence-electron chi connectivity index (χ2n) is 6.03. The number of aryl methyl sites for hydroxylation is 3. The van der Waals surface area contributed by atoms with E-state index in [1.54, 1.807) is 6.20 Å². The summed E-state index contributed by atoms with van der Waals surface area (Å²) >= 11 is 0. The molecule has 1 aliphatic rings. The highest BCUT2D eigenvalue weighted by Gasteiger charge is 2.34. The smallest absolute Gasteiger partial charge is 0.220 e. The van der Waals surface area contributed by atoms with E-state index < -0.39 is 0 Å². The molecule has 0 aliphatic heterocycles. The topological polar surface area (TPSA) is 59.8 Å². The summed E-state index contributed by atoms with van der Waals surface area (Å²) in [6, 6.07) is 8.01. The van der Waals surface area contributed by atoms with Gasteiger partial charge in [0.1, 0.15) is 0 Å². The van der Waals surface area contributed by atoms with Crippen LogP contribution in [-0.4, -0.2) is 20.7 Å². The number of hydrogen-bond acceptors (Lipinski definition) is 3. The van der Waals surface area contributed by atoms with Crippen LogP contribution < -0.4 is 5.32 Å². The number of nitrogens with one attached hydrogen (secondary N) is 1. The molecular weight excluding hydrogens is 276 g/mol. The van der Waals surface area contributed by atoms with Crippen molar-refractivity contribution in [3.05, 3.63) is 47.5 Å². The van der Waals surface area contributed by atoms with E-state index in [0.717, 1.165) is 17.1 Å². The van der Waals surface area contributed by atoms with Crippen LogP contribution in [0.3, 0.4) is 0 Å². The third kappa shape index (κ3) is 3.53. The molecular formula is C17H22N4O. The van der Waals surface area contributed by atoms with Crippen LogP contribution in [0.5, 0.6) is 0 Å². The normalized spacial score (nSPS) is 15.5. The quantitative estimate of drug-likeness (QED) is 0.890. The molecule has 1 aliphatic carbocycles. The fourth-order valence-corrected chi connectivity index (χ4v) is 2.73. The van der Waals surface area contributed by atoms with Crippen LogP contribution in [0.15, 0.2) is 30.5 Å². The highest BCUT2D eigenvalue weighted by Crippen LogP contribution is 2.40. The molecule has 2 aromatic heterocycles. The Bertz CT molecular complexity index is 660. The average Bonchev–Trinajstić information content (AvgIpc) is 3.25. The molecule has 0 radical (unpaired) electrons. The van der Waals surface area contributed by atoms with E-state index in [0.29, 0.717) is 18.8 Å². The van der Waals surface area contributed by atoms with Crippen LogP contribution in [0.4, 0.5) is 0 Å². The molecule has 0 spiro atoms. The fourth-order valence-electron chi connectivity index (χ4n) is 2.73. The largest absolute Gasteiger partial charge is 0.347 e. The standard InChI is InChI=1S/C17H22N4O/c1-12-4-3-5-15(19-12)17(13-6-7-13)20-16(22)9-8-14-10-11-18-21(14)2/h3-5,10-11,13,17H,6-9H2,1-2H3,(H,20,22). The van der Waals surface area contributed by atoms with Crippen molar-refractivity contribution in [2.45, 2.75) is 38.6 Å². The summed E-state index contributed by atoms with van der Waals surface area (Å²) in [5.41, 5.74) is 3.05. The third-order valence-electron chi connectivity index (χ3n) is 4.17. The summed E-state index contributed by atoms with van der Waals surface area (Å²) in [5.74, 6) is 0.622. The van der Waals surface area contributed by atoms with E-state index in [4.69, 9.17) is 0 Å². The zero-order chi connectivity index (χ0) is 15.5. The Labute approximate surface area is 130 Å². The van der Waals surface area contributed by atoms with Gasteiger partial charge in [0.05, 0.1) is 11.7 Å². The number of aromatic nitrogens is 3. The van der Waals surface area contributed by atoms with E-state index in [1.807, 2.05) is 42.9 Å². The molecule has 1 fully saturated rings. The number of pyridine rings is 1. The molecule has 3 rings (SSSR count). The van der Waals surface area contributed by atoms with Gasteiger partial charge in [0.25, 0.3) is 0 Å². The van der Waals surface area contributed by atoms with Gasteiger partial charge >= 0.3 is 0 Å². The SMILES string of the molecule is Cc1cccc(C(NC(=O)CCc2ccnn2C)C2CC2)n1. The Morgan fingerprint density at radius 3 is 2.86 bits per heavy atom. The van der Waals surface area contributed by atoms with Gasteiger partial charge < -0.3 is 5.32 Å². The summed E-state index contributed by atoms with van der Waals surface area (Å²) in [7, 11) is 1.90. The van der Waals surface area contributed by atoms with Gasteiger partial charge in [-0.25, -0.2) is 0 Å². The molecule has 1 atom stereocenters.